The number of hydrogen-bond acceptors (Lipinski definition) is 3. The first-order valence-electron chi connectivity index (χ1n) is 8.37. The molecular formula is C18H30ClN3. The average molecular weight is 324 g/mol. The summed E-state index contributed by atoms with van der Waals surface area (Å²) in [7, 11) is 0. The fourth-order valence-corrected chi connectivity index (χ4v) is 3.67. The van der Waals surface area contributed by atoms with Crippen molar-refractivity contribution in [3.05, 3.63) is 34.4 Å². The molecule has 0 amide bonds. The lowest BCUT2D eigenvalue weighted by atomic mass is 10.0. The molecule has 1 atom stereocenters. The predicted molar refractivity (Wildman–Crippen MR) is 96.0 cm³/mol. The largest absolute Gasteiger partial charge is 0.315 e. The molecule has 2 fully saturated rings. The number of halogens is 1. The monoisotopic (exact) mass is 323 g/mol. The van der Waals surface area contributed by atoms with E-state index in [1.54, 1.807) is 0 Å². The summed E-state index contributed by atoms with van der Waals surface area (Å²) in [5, 5.41) is 3.48. The van der Waals surface area contributed by atoms with Crippen LogP contribution in [0.2, 0.25) is 0 Å². The van der Waals surface area contributed by atoms with Crippen LogP contribution in [0.1, 0.15) is 28.7 Å². The van der Waals surface area contributed by atoms with Crippen molar-refractivity contribution >= 4 is 12.4 Å². The van der Waals surface area contributed by atoms with Crippen LogP contribution in [0.15, 0.2) is 12.1 Å². The Hall–Kier alpha value is -0.610. The molecule has 0 bridgehead atoms. The lowest BCUT2D eigenvalue weighted by Gasteiger charge is -2.38. The summed E-state index contributed by atoms with van der Waals surface area (Å²) in [6, 6.07) is 5.51. The molecule has 1 unspecified atom stereocenters. The van der Waals surface area contributed by atoms with E-state index in [0.29, 0.717) is 0 Å². The number of nitrogens with one attached hydrogen (secondary N) is 1. The summed E-state index contributed by atoms with van der Waals surface area (Å²) in [5.41, 5.74) is 5.79. The maximum atomic E-state index is 3.48. The van der Waals surface area contributed by atoms with Gasteiger partial charge in [0.25, 0.3) is 0 Å². The van der Waals surface area contributed by atoms with E-state index in [1.165, 1.54) is 67.9 Å². The first-order valence-corrected chi connectivity index (χ1v) is 8.37. The van der Waals surface area contributed by atoms with E-state index in [9.17, 15) is 0 Å². The summed E-state index contributed by atoms with van der Waals surface area (Å²) in [6.45, 7) is 15.1. The Morgan fingerprint density at radius 2 is 1.68 bits per heavy atom. The van der Waals surface area contributed by atoms with Gasteiger partial charge in [0.2, 0.25) is 0 Å². The van der Waals surface area contributed by atoms with Gasteiger partial charge < -0.3 is 5.32 Å². The van der Waals surface area contributed by atoms with E-state index in [1.807, 2.05) is 0 Å². The van der Waals surface area contributed by atoms with Crippen molar-refractivity contribution in [3.63, 3.8) is 0 Å². The first kappa shape index (κ1) is 17.7. The van der Waals surface area contributed by atoms with Gasteiger partial charge in [-0.2, -0.15) is 0 Å². The van der Waals surface area contributed by atoms with Crippen LogP contribution in [0.3, 0.4) is 0 Å². The molecule has 2 aliphatic rings. The molecule has 0 spiro atoms. The van der Waals surface area contributed by atoms with Gasteiger partial charge in [0.05, 0.1) is 0 Å². The number of hydrogen-bond donors (Lipinski definition) is 1. The molecule has 1 N–H and O–H groups in total. The minimum atomic E-state index is 0. The van der Waals surface area contributed by atoms with Crippen LogP contribution in [-0.2, 0) is 6.54 Å². The van der Waals surface area contributed by atoms with E-state index in [2.05, 4.69) is 48.0 Å². The molecular weight excluding hydrogens is 294 g/mol. The third kappa shape index (κ3) is 4.02. The van der Waals surface area contributed by atoms with E-state index < -0.39 is 0 Å². The van der Waals surface area contributed by atoms with Crippen molar-refractivity contribution in [2.24, 2.45) is 0 Å². The molecule has 2 heterocycles. The number of aryl methyl sites for hydroxylation is 3. The van der Waals surface area contributed by atoms with Crippen molar-refractivity contribution in [1.29, 1.82) is 0 Å². The molecule has 0 aliphatic carbocycles. The SMILES string of the molecule is Cc1cc(C)c(CN2CCN(C3CCNC3)CC2)cc1C.Cl. The zero-order valence-electron chi connectivity index (χ0n) is 14.2. The van der Waals surface area contributed by atoms with E-state index in [4.69, 9.17) is 0 Å². The maximum Gasteiger partial charge on any atom is 0.0237 e. The van der Waals surface area contributed by atoms with Gasteiger partial charge in [0.15, 0.2) is 0 Å². The van der Waals surface area contributed by atoms with Crippen molar-refractivity contribution < 1.29 is 0 Å². The summed E-state index contributed by atoms with van der Waals surface area (Å²) >= 11 is 0. The molecule has 2 saturated heterocycles. The van der Waals surface area contributed by atoms with Gasteiger partial charge in [0.1, 0.15) is 0 Å². The molecule has 0 radical (unpaired) electrons. The minimum Gasteiger partial charge on any atom is -0.315 e. The molecule has 1 aromatic carbocycles. The fraction of sp³-hybridized carbons (Fsp3) is 0.667. The lowest BCUT2D eigenvalue weighted by molar-refractivity contribution is 0.0980. The molecule has 3 nitrogen and oxygen atoms in total. The second-order valence-electron chi connectivity index (χ2n) is 6.82. The topological polar surface area (TPSA) is 18.5 Å². The maximum absolute atomic E-state index is 3.48. The lowest BCUT2D eigenvalue weighted by Crippen LogP contribution is -2.50. The smallest absolute Gasteiger partial charge is 0.0237 e. The highest BCUT2D eigenvalue weighted by Gasteiger charge is 2.26. The number of benzene rings is 1. The zero-order valence-corrected chi connectivity index (χ0v) is 15.0. The van der Waals surface area contributed by atoms with Gasteiger partial charge >= 0.3 is 0 Å². The quantitative estimate of drug-likeness (QED) is 0.922. The third-order valence-corrected chi connectivity index (χ3v) is 5.30. The Kier molecular flexibility index (Phi) is 6.27. The van der Waals surface area contributed by atoms with Crippen molar-refractivity contribution in [2.45, 2.75) is 39.8 Å². The van der Waals surface area contributed by atoms with Crippen LogP contribution in [0, 0.1) is 20.8 Å². The minimum absolute atomic E-state index is 0. The number of piperazine rings is 1. The summed E-state index contributed by atoms with van der Waals surface area (Å²) in [5.74, 6) is 0. The van der Waals surface area contributed by atoms with Gasteiger partial charge in [-0.05, 0) is 56.0 Å². The average Bonchev–Trinajstić information content (AvgIpc) is 3.00. The van der Waals surface area contributed by atoms with Gasteiger partial charge in [-0.15, -0.1) is 12.4 Å². The molecule has 3 rings (SSSR count). The second kappa shape index (κ2) is 7.78. The van der Waals surface area contributed by atoms with E-state index >= 15 is 0 Å². The van der Waals surface area contributed by atoms with Gasteiger partial charge in [-0.1, -0.05) is 12.1 Å². The van der Waals surface area contributed by atoms with Crippen LogP contribution < -0.4 is 5.32 Å². The van der Waals surface area contributed by atoms with Crippen LogP contribution in [0.25, 0.3) is 0 Å². The Labute approximate surface area is 141 Å². The Morgan fingerprint density at radius 1 is 1.00 bits per heavy atom. The van der Waals surface area contributed by atoms with Crippen LogP contribution in [0.5, 0.6) is 0 Å². The highest BCUT2D eigenvalue weighted by atomic mass is 35.5. The van der Waals surface area contributed by atoms with Crippen molar-refractivity contribution in [2.75, 3.05) is 39.3 Å². The van der Waals surface area contributed by atoms with E-state index in [0.717, 1.165) is 12.6 Å². The van der Waals surface area contributed by atoms with Gasteiger partial charge in [0, 0.05) is 45.3 Å². The van der Waals surface area contributed by atoms with Crippen LogP contribution in [0.4, 0.5) is 0 Å². The molecule has 124 valence electrons. The predicted octanol–water partition coefficient (Wildman–Crippen LogP) is 2.51. The molecule has 0 saturated carbocycles. The third-order valence-electron chi connectivity index (χ3n) is 5.30. The molecule has 0 aromatic heterocycles. The standard InChI is InChI=1S/C18H29N3.ClH/c1-14-10-16(3)17(11-15(14)2)13-20-6-8-21(9-7-20)18-4-5-19-12-18;/h10-11,18-19H,4-9,12-13H2,1-3H3;1H. The molecule has 4 heteroatoms. The second-order valence-corrected chi connectivity index (χ2v) is 6.82. The zero-order chi connectivity index (χ0) is 14.8. The first-order chi connectivity index (χ1) is 10.1. The Balaban J connectivity index is 0.00000176. The van der Waals surface area contributed by atoms with Crippen LogP contribution >= 0.6 is 12.4 Å². The summed E-state index contributed by atoms with van der Waals surface area (Å²) in [6.07, 6.45) is 1.33. The Bertz CT molecular complexity index is 489. The summed E-state index contributed by atoms with van der Waals surface area (Å²) in [4.78, 5) is 5.31. The fourth-order valence-electron chi connectivity index (χ4n) is 3.67. The highest BCUT2D eigenvalue weighted by Crippen LogP contribution is 2.19. The molecule has 22 heavy (non-hydrogen) atoms. The molecule has 1 aromatic rings. The van der Waals surface area contributed by atoms with Crippen LogP contribution in [-0.4, -0.2) is 55.1 Å². The van der Waals surface area contributed by atoms with E-state index in [-0.39, 0.29) is 12.4 Å². The van der Waals surface area contributed by atoms with Crippen molar-refractivity contribution in [3.8, 4) is 0 Å². The number of nitrogens with zero attached hydrogens (tertiary/aromatic N) is 2. The van der Waals surface area contributed by atoms with Gasteiger partial charge in [-0.25, -0.2) is 0 Å². The van der Waals surface area contributed by atoms with Crippen molar-refractivity contribution in [1.82, 2.24) is 15.1 Å². The Morgan fingerprint density at radius 3 is 2.32 bits per heavy atom. The molecule has 2 aliphatic heterocycles. The highest BCUT2D eigenvalue weighted by molar-refractivity contribution is 5.85. The summed E-state index contributed by atoms with van der Waals surface area (Å²) < 4.78 is 0. The number of rotatable bonds is 3. The normalized spacial score (nSPS) is 23.5. The van der Waals surface area contributed by atoms with Gasteiger partial charge in [-0.3, -0.25) is 9.80 Å².